The molecule has 1 aromatic carbocycles. The highest BCUT2D eigenvalue weighted by molar-refractivity contribution is 6.30. The molecule has 1 aliphatic carbocycles. The maximum absolute atomic E-state index is 12.3. The zero-order chi connectivity index (χ0) is 16.1. The highest BCUT2D eigenvalue weighted by Gasteiger charge is 2.23. The van der Waals surface area contributed by atoms with Crippen molar-refractivity contribution < 1.29 is 9.53 Å². The van der Waals surface area contributed by atoms with E-state index < -0.39 is 0 Å². The molecular weight excluding hydrogens is 300 g/mol. The van der Waals surface area contributed by atoms with Crippen molar-refractivity contribution in [3.63, 3.8) is 0 Å². The van der Waals surface area contributed by atoms with Crippen molar-refractivity contribution in [2.45, 2.75) is 51.2 Å². The average molecular weight is 325 g/mol. The van der Waals surface area contributed by atoms with Crippen molar-refractivity contribution >= 4 is 17.5 Å². The van der Waals surface area contributed by atoms with Gasteiger partial charge in [0.1, 0.15) is 5.75 Å². The first-order valence-corrected chi connectivity index (χ1v) is 8.22. The molecule has 1 fully saturated rings. The number of ether oxygens (including phenoxy) is 1. The third-order valence-electron chi connectivity index (χ3n) is 4.40. The fourth-order valence-electron chi connectivity index (χ4n) is 2.87. The van der Waals surface area contributed by atoms with E-state index in [1.54, 1.807) is 13.2 Å². The van der Waals surface area contributed by atoms with Gasteiger partial charge in [0.25, 0.3) is 0 Å². The van der Waals surface area contributed by atoms with Gasteiger partial charge in [-0.25, -0.2) is 0 Å². The van der Waals surface area contributed by atoms with Gasteiger partial charge in [0.15, 0.2) is 0 Å². The maximum atomic E-state index is 12.3. The molecule has 22 heavy (non-hydrogen) atoms. The monoisotopic (exact) mass is 324 g/mol. The minimum atomic E-state index is -0.190. The number of likely N-dealkylation sites (N-methyl/N-ethyl adjacent to an activating group) is 1. The van der Waals surface area contributed by atoms with E-state index in [-0.39, 0.29) is 11.9 Å². The first-order valence-electron chi connectivity index (χ1n) is 7.84. The van der Waals surface area contributed by atoms with Gasteiger partial charge in [-0.15, -0.1) is 0 Å². The summed E-state index contributed by atoms with van der Waals surface area (Å²) in [4.78, 5) is 14.4. The van der Waals surface area contributed by atoms with Gasteiger partial charge in [0.2, 0.25) is 5.91 Å². The molecule has 0 aliphatic heterocycles. The molecule has 1 atom stereocenters. The Hall–Kier alpha value is -1.26. The molecule has 0 radical (unpaired) electrons. The van der Waals surface area contributed by atoms with Gasteiger partial charge in [0, 0.05) is 23.2 Å². The molecule has 4 nitrogen and oxygen atoms in total. The Balaban J connectivity index is 1.96. The van der Waals surface area contributed by atoms with Gasteiger partial charge in [-0.2, -0.15) is 0 Å². The van der Waals surface area contributed by atoms with Crippen LogP contribution in [0.15, 0.2) is 18.2 Å². The number of benzene rings is 1. The second-order valence-electron chi connectivity index (χ2n) is 6.04. The quantitative estimate of drug-likeness (QED) is 0.873. The number of nitrogens with one attached hydrogen (secondary N) is 1. The van der Waals surface area contributed by atoms with Crippen LogP contribution in [0.25, 0.3) is 0 Å². The number of halogens is 1. The summed E-state index contributed by atoms with van der Waals surface area (Å²) in [7, 11) is 3.59. The largest absolute Gasteiger partial charge is 0.496 e. The SMILES string of the molecule is COc1ccc(Cl)cc1CN(C)[C@H](C)C(=O)NC1CCCC1. The van der Waals surface area contributed by atoms with Crippen LogP contribution in [0, 0.1) is 0 Å². The van der Waals surface area contributed by atoms with Crippen LogP contribution in [-0.4, -0.2) is 37.0 Å². The molecule has 0 aromatic heterocycles. The predicted molar refractivity (Wildman–Crippen MR) is 89.3 cm³/mol. The minimum Gasteiger partial charge on any atom is -0.496 e. The van der Waals surface area contributed by atoms with Crippen molar-refractivity contribution in [2.24, 2.45) is 0 Å². The minimum absolute atomic E-state index is 0.0930. The summed E-state index contributed by atoms with van der Waals surface area (Å²) in [5.41, 5.74) is 0.984. The number of rotatable bonds is 6. The molecule has 1 aliphatic rings. The third-order valence-corrected chi connectivity index (χ3v) is 4.64. The fraction of sp³-hybridized carbons (Fsp3) is 0.588. The van der Waals surface area contributed by atoms with Crippen LogP contribution in [0.3, 0.4) is 0 Å². The Morgan fingerprint density at radius 1 is 1.45 bits per heavy atom. The predicted octanol–water partition coefficient (Wildman–Crippen LogP) is 3.23. The molecule has 0 heterocycles. The second kappa shape index (κ2) is 7.84. The number of carbonyl (C=O) groups is 1. The van der Waals surface area contributed by atoms with Crippen molar-refractivity contribution in [1.29, 1.82) is 0 Å². The van der Waals surface area contributed by atoms with Crippen LogP contribution in [0.5, 0.6) is 5.75 Å². The Morgan fingerprint density at radius 2 is 2.14 bits per heavy atom. The lowest BCUT2D eigenvalue weighted by Gasteiger charge is -2.26. The molecule has 1 amide bonds. The smallest absolute Gasteiger partial charge is 0.237 e. The van der Waals surface area contributed by atoms with Crippen LogP contribution in [0.4, 0.5) is 0 Å². The third kappa shape index (κ3) is 4.37. The van der Waals surface area contributed by atoms with Gasteiger partial charge >= 0.3 is 0 Å². The standard InChI is InChI=1S/C17H25ClN2O2/c1-12(17(21)19-15-6-4-5-7-15)20(2)11-13-10-14(18)8-9-16(13)22-3/h8-10,12,15H,4-7,11H2,1-3H3,(H,19,21)/t12-/m1/s1. The van der Waals surface area contributed by atoms with E-state index in [1.165, 1.54) is 12.8 Å². The summed E-state index contributed by atoms with van der Waals surface area (Å²) < 4.78 is 5.36. The first kappa shape index (κ1) is 17.1. The highest BCUT2D eigenvalue weighted by Crippen LogP contribution is 2.24. The summed E-state index contributed by atoms with van der Waals surface area (Å²) >= 11 is 6.06. The van der Waals surface area contributed by atoms with E-state index in [2.05, 4.69) is 5.32 Å². The van der Waals surface area contributed by atoms with Gasteiger partial charge in [-0.05, 0) is 45.0 Å². The molecule has 122 valence electrons. The molecule has 0 unspecified atom stereocenters. The molecule has 1 aromatic rings. The topological polar surface area (TPSA) is 41.6 Å². The van der Waals surface area contributed by atoms with E-state index in [4.69, 9.17) is 16.3 Å². The van der Waals surface area contributed by atoms with E-state index in [9.17, 15) is 4.79 Å². The lowest BCUT2D eigenvalue weighted by atomic mass is 10.1. The molecule has 0 spiro atoms. The van der Waals surface area contributed by atoms with Gasteiger partial charge in [0.05, 0.1) is 13.2 Å². The zero-order valence-corrected chi connectivity index (χ0v) is 14.3. The lowest BCUT2D eigenvalue weighted by molar-refractivity contribution is -0.126. The summed E-state index contributed by atoms with van der Waals surface area (Å²) in [6.45, 7) is 2.55. The maximum Gasteiger partial charge on any atom is 0.237 e. The van der Waals surface area contributed by atoms with Crippen molar-refractivity contribution in [2.75, 3.05) is 14.2 Å². The summed E-state index contributed by atoms with van der Waals surface area (Å²) in [5.74, 6) is 0.884. The van der Waals surface area contributed by atoms with Crippen LogP contribution in [0.1, 0.15) is 38.2 Å². The van der Waals surface area contributed by atoms with E-state index in [1.807, 2.05) is 31.0 Å². The number of nitrogens with zero attached hydrogens (tertiary/aromatic N) is 1. The Morgan fingerprint density at radius 3 is 2.77 bits per heavy atom. The molecule has 2 rings (SSSR count). The van der Waals surface area contributed by atoms with Crippen LogP contribution in [-0.2, 0) is 11.3 Å². The van der Waals surface area contributed by atoms with Gasteiger partial charge < -0.3 is 10.1 Å². The lowest BCUT2D eigenvalue weighted by Crippen LogP contribution is -2.46. The number of methoxy groups -OCH3 is 1. The van der Waals surface area contributed by atoms with Crippen LogP contribution >= 0.6 is 11.6 Å². The first-order chi connectivity index (χ1) is 10.5. The number of carbonyl (C=O) groups excluding carboxylic acids is 1. The van der Waals surface area contributed by atoms with Crippen LogP contribution in [0.2, 0.25) is 5.02 Å². The summed E-state index contributed by atoms with van der Waals surface area (Å²) in [6, 6.07) is 5.71. The van der Waals surface area contributed by atoms with Crippen LogP contribution < -0.4 is 10.1 Å². The summed E-state index contributed by atoms with van der Waals surface area (Å²) in [5, 5.41) is 3.82. The molecular formula is C17H25ClN2O2. The molecule has 1 N–H and O–H groups in total. The molecule has 1 saturated carbocycles. The zero-order valence-electron chi connectivity index (χ0n) is 13.6. The van der Waals surface area contributed by atoms with Crippen molar-refractivity contribution in [3.8, 4) is 5.75 Å². The molecule has 0 bridgehead atoms. The second-order valence-corrected chi connectivity index (χ2v) is 6.47. The fourth-order valence-corrected chi connectivity index (χ4v) is 3.06. The van der Waals surface area contributed by atoms with Crippen molar-refractivity contribution in [1.82, 2.24) is 10.2 Å². The summed E-state index contributed by atoms with van der Waals surface area (Å²) in [6.07, 6.45) is 4.64. The number of hydrogen-bond donors (Lipinski definition) is 1. The van der Waals surface area contributed by atoms with E-state index in [0.29, 0.717) is 17.6 Å². The Labute approximate surface area is 137 Å². The number of amides is 1. The van der Waals surface area contributed by atoms with E-state index >= 15 is 0 Å². The van der Waals surface area contributed by atoms with Gasteiger partial charge in [-0.3, -0.25) is 9.69 Å². The molecule has 5 heteroatoms. The Kier molecular flexibility index (Phi) is 6.09. The van der Waals surface area contributed by atoms with Crippen molar-refractivity contribution in [3.05, 3.63) is 28.8 Å². The normalized spacial score (nSPS) is 16.8. The molecule has 0 saturated heterocycles. The highest BCUT2D eigenvalue weighted by atomic mass is 35.5. The van der Waals surface area contributed by atoms with Gasteiger partial charge in [-0.1, -0.05) is 24.4 Å². The Bertz CT molecular complexity index is 515. The average Bonchev–Trinajstić information content (AvgIpc) is 2.99. The number of hydrogen-bond acceptors (Lipinski definition) is 3. The van der Waals surface area contributed by atoms with E-state index in [0.717, 1.165) is 24.2 Å².